The Hall–Kier alpha value is -3.70. The Bertz CT molecular complexity index is 1530. The van der Waals surface area contributed by atoms with E-state index in [0.717, 1.165) is 4.88 Å². The van der Waals surface area contributed by atoms with Gasteiger partial charge in [0.05, 0.1) is 35.6 Å². The molecule has 0 radical (unpaired) electrons. The number of fused-ring (bicyclic) bond motifs is 1. The number of esters is 2. The summed E-state index contributed by atoms with van der Waals surface area (Å²) in [4.78, 5) is 44.2. The highest BCUT2D eigenvalue weighted by Crippen LogP contribution is 2.33. The van der Waals surface area contributed by atoms with Crippen LogP contribution in [0.25, 0.3) is 6.08 Å². The van der Waals surface area contributed by atoms with Crippen LogP contribution >= 0.6 is 22.7 Å². The van der Waals surface area contributed by atoms with Crippen molar-refractivity contribution in [3.05, 3.63) is 77.1 Å². The number of aromatic nitrogens is 1. The Morgan fingerprint density at radius 1 is 1.05 bits per heavy atom. The molecule has 1 aliphatic heterocycles. The number of carbonyl (C=O) groups excluding carboxylic acids is 2. The minimum Gasteiger partial charge on any atom is -0.490 e. The molecule has 0 amide bonds. The van der Waals surface area contributed by atoms with Gasteiger partial charge >= 0.3 is 11.9 Å². The van der Waals surface area contributed by atoms with Crippen molar-refractivity contribution < 1.29 is 28.5 Å². The monoisotopic (exact) mass is 556 g/mol. The summed E-state index contributed by atoms with van der Waals surface area (Å²) in [6.45, 7) is 7.70. The van der Waals surface area contributed by atoms with Crippen LogP contribution in [0.2, 0.25) is 0 Å². The standard InChI is InChI=1S/C27H28N2O7S2/c1-5-33-19-13-17(10-11-18(19)36-15-22(30)34-6-2)14-21-25(31)29-24(20-9-8-12-37-20)23(26(32)35-7-3)16(4)28-27(29)38-21/h8-14,24H,5-7,15H2,1-4H3/b21-14-/t24-/m0/s1. The molecule has 0 unspecified atom stereocenters. The molecule has 0 saturated heterocycles. The molecule has 0 aliphatic carbocycles. The van der Waals surface area contributed by atoms with E-state index in [1.807, 2.05) is 24.4 Å². The van der Waals surface area contributed by atoms with Gasteiger partial charge in [0.1, 0.15) is 6.04 Å². The van der Waals surface area contributed by atoms with Gasteiger partial charge in [-0.1, -0.05) is 23.5 Å². The van der Waals surface area contributed by atoms with Crippen LogP contribution in [0.1, 0.15) is 44.2 Å². The van der Waals surface area contributed by atoms with Crippen LogP contribution in [0.4, 0.5) is 0 Å². The van der Waals surface area contributed by atoms with Gasteiger partial charge in [-0.25, -0.2) is 14.6 Å². The second kappa shape index (κ2) is 12.2. The van der Waals surface area contributed by atoms with E-state index < -0.39 is 18.0 Å². The summed E-state index contributed by atoms with van der Waals surface area (Å²) in [6.07, 6.45) is 1.75. The van der Waals surface area contributed by atoms with Gasteiger partial charge < -0.3 is 18.9 Å². The fraction of sp³-hybridized carbons (Fsp3) is 0.333. The lowest BCUT2D eigenvalue weighted by molar-refractivity contribution is -0.145. The zero-order valence-electron chi connectivity index (χ0n) is 21.5. The van der Waals surface area contributed by atoms with Crippen molar-refractivity contribution in [2.24, 2.45) is 4.99 Å². The molecule has 4 rings (SSSR count). The first kappa shape index (κ1) is 27.3. The summed E-state index contributed by atoms with van der Waals surface area (Å²) >= 11 is 2.71. The largest absolute Gasteiger partial charge is 0.490 e. The predicted octanol–water partition coefficient (Wildman–Crippen LogP) is 3.20. The van der Waals surface area contributed by atoms with Crippen molar-refractivity contribution in [1.29, 1.82) is 0 Å². The third-order valence-electron chi connectivity index (χ3n) is 5.55. The van der Waals surface area contributed by atoms with Gasteiger partial charge in [-0.2, -0.15) is 0 Å². The van der Waals surface area contributed by atoms with E-state index in [4.69, 9.17) is 18.9 Å². The van der Waals surface area contributed by atoms with Gasteiger partial charge in [-0.05, 0) is 62.9 Å². The summed E-state index contributed by atoms with van der Waals surface area (Å²) in [7, 11) is 0. The molecule has 9 nitrogen and oxygen atoms in total. The van der Waals surface area contributed by atoms with Crippen LogP contribution in [-0.2, 0) is 19.1 Å². The number of hydrogen-bond donors (Lipinski definition) is 0. The van der Waals surface area contributed by atoms with Crippen molar-refractivity contribution in [2.75, 3.05) is 26.4 Å². The number of hydrogen-bond acceptors (Lipinski definition) is 10. The van der Waals surface area contributed by atoms with E-state index in [1.54, 1.807) is 49.6 Å². The van der Waals surface area contributed by atoms with Crippen molar-refractivity contribution in [3.63, 3.8) is 0 Å². The molecule has 2 aromatic heterocycles. The molecule has 0 spiro atoms. The first-order valence-corrected chi connectivity index (χ1v) is 13.9. The third-order valence-corrected chi connectivity index (χ3v) is 7.45. The van der Waals surface area contributed by atoms with Gasteiger partial charge in [-0.3, -0.25) is 9.36 Å². The normalized spacial score (nSPS) is 15.1. The number of carbonyl (C=O) groups is 2. The van der Waals surface area contributed by atoms with Crippen molar-refractivity contribution in [3.8, 4) is 11.5 Å². The number of thiazole rings is 1. The third kappa shape index (κ3) is 5.73. The quantitative estimate of drug-likeness (QED) is 0.353. The molecule has 1 aliphatic rings. The Balaban J connectivity index is 1.76. The summed E-state index contributed by atoms with van der Waals surface area (Å²) < 4.78 is 23.5. The highest BCUT2D eigenvalue weighted by molar-refractivity contribution is 7.10. The Labute approximate surface area is 227 Å². The Morgan fingerprint density at radius 2 is 1.84 bits per heavy atom. The van der Waals surface area contributed by atoms with E-state index in [1.165, 1.54) is 22.7 Å². The van der Waals surface area contributed by atoms with Gasteiger partial charge in [0.15, 0.2) is 22.9 Å². The number of ether oxygens (including phenoxy) is 4. The zero-order valence-corrected chi connectivity index (χ0v) is 23.1. The maximum atomic E-state index is 13.7. The number of thiophene rings is 1. The van der Waals surface area contributed by atoms with Crippen LogP contribution in [0, 0.1) is 0 Å². The molecule has 3 aromatic rings. The van der Waals surface area contributed by atoms with Crippen LogP contribution in [0.3, 0.4) is 0 Å². The fourth-order valence-corrected chi connectivity index (χ4v) is 5.87. The molecule has 1 atom stereocenters. The highest BCUT2D eigenvalue weighted by Gasteiger charge is 2.33. The number of rotatable bonds is 10. The number of nitrogens with zero attached hydrogens (tertiary/aromatic N) is 2. The van der Waals surface area contributed by atoms with Crippen LogP contribution in [-0.4, -0.2) is 42.9 Å². The molecule has 1 aromatic carbocycles. The lowest BCUT2D eigenvalue weighted by Gasteiger charge is -2.23. The van der Waals surface area contributed by atoms with Gasteiger partial charge in [-0.15, -0.1) is 11.3 Å². The minimum atomic E-state index is -0.620. The molecule has 3 heterocycles. The van der Waals surface area contributed by atoms with Crippen molar-refractivity contribution in [1.82, 2.24) is 4.57 Å². The lowest BCUT2D eigenvalue weighted by Crippen LogP contribution is -2.39. The number of allylic oxidation sites excluding steroid dienone is 1. The SMILES string of the molecule is CCOC(=O)COc1ccc(/C=c2\sc3n(c2=O)[C@@H](c2cccs2)C(C(=O)OCC)=C(C)N=3)cc1OCC. The van der Waals surface area contributed by atoms with Gasteiger partial charge in [0, 0.05) is 4.88 Å². The van der Waals surface area contributed by atoms with E-state index in [0.29, 0.717) is 44.3 Å². The average Bonchev–Trinajstić information content (AvgIpc) is 3.52. The Kier molecular flexibility index (Phi) is 8.80. The predicted molar refractivity (Wildman–Crippen MR) is 144 cm³/mol. The summed E-state index contributed by atoms with van der Waals surface area (Å²) in [5.41, 5.74) is 1.32. The van der Waals surface area contributed by atoms with E-state index in [9.17, 15) is 14.4 Å². The number of benzene rings is 1. The van der Waals surface area contributed by atoms with Crippen LogP contribution in [0.15, 0.2) is 56.8 Å². The summed E-state index contributed by atoms with van der Waals surface area (Å²) in [5.74, 6) is -0.125. The molecular formula is C27H28N2O7S2. The van der Waals surface area contributed by atoms with Gasteiger partial charge in [0.25, 0.3) is 5.56 Å². The molecule has 0 N–H and O–H groups in total. The van der Waals surface area contributed by atoms with E-state index in [-0.39, 0.29) is 25.4 Å². The summed E-state index contributed by atoms with van der Waals surface area (Å²) in [5, 5.41) is 1.91. The first-order chi connectivity index (χ1) is 18.4. The Morgan fingerprint density at radius 3 is 2.53 bits per heavy atom. The average molecular weight is 557 g/mol. The molecule has 0 bridgehead atoms. The first-order valence-electron chi connectivity index (χ1n) is 12.2. The van der Waals surface area contributed by atoms with Crippen LogP contribution in [0.5, 0.6) is 11.5 Å². The second-order valence-corrected chi connectivity index (χ2v) is 10.0. The zero-order chi connectivity index (χ0) is 27.2. The second-order valence-electron chi connectivity index (χ2n) is 8.05. The van der Waals surface area contributed by atoms with Crippen molar-refractivity contribution >= 4 is 40.7 Å². The highest BCUT2D eigenvalue weighted by atomic mass is 32.1. The topological polar surface area (TPSA) is 105 Å². The molecular weight excluding hydrogens is 528 g/mol. The smallest absolute Gasteiger partial charge is 0.344 e. The van der Waals surface area contributed by atoms with E-state index >= 15 is 0 Å². The summed E-state index contributed by atoms with van der Waals surface area (Å²) in [6, 6.07) is 8.36. The molecule has 0 saturated carbocycles. The lowest BCUT2D eigenvalue weighted by atomic mass is 10.0. The van der Waals surface area contributed by atoms with Crippen LogP contribution < -0.4 is 24.4 Å². The fourth-order valence-electron chi connectivity index (χ4n) is 4.00. The molecule has 200 valence electrons. The van der Waals surface area contributed by atoms with E-state index in [2.05, 4.69) is 4.99 Å². The molecule has 0 fully saturated rings. The molecule has 38 heavy (non-hydrogen) atoms. The molecule has 11 heteroatoms. The minimum absolute atomic E-state index is 0.221. The van der Waals surface area contributed by atoms with Crippen molar-refractivity contribution in [2.45, 2.75) is 33.7 Å². The maximum Gasteiger partial charge on any atom is 0.344 e. The van der Waals surface area contributed by atoms with Gasteiger partial charge in [0.2, 0.25) is 0 Å². The maximum absolute atomic E-state index is 13.7.